The summed E-state index contributed by atoms with van der Waals surface area (Å²) in [5.41, 5.74) is 1.22. The van der Waals surface area contributed by atoms with E-state index in [2.05, 4.69) is 10.2 Å². The van der Waals surface area contributed by atoms with Crippen molar-refractivity contribution >= 4 is 5.65 Å². The van der Waals surface area contributed by atoms with Crippen molar-refractivity contribution in [3.63, 3.8) is 0 Å². The van der Waals surface area contributed by atoms with Crippen LogP contribution in [-0.4, -0.2) is 14.6 Å². The van der Waals surface area contributed by atoms with Gasteiger partial charge in [-0.05, 0) is 36.2 Å². The van der Waals surface area contributed by atoms with Crippen LogP contribution in [0.2, 0.25) is 0 Å². The lowest BCUT2D eigenvalue weighted by atomic mass is 10.0. The molecule has 0 bridgehead atoms. The van der Waals surface area contributed by atoms with E-state index in [0.29, 0.717) is 11.5 Å². The fourth-order valence-corrected chi connectivity index (χ4v) is 2.28. The molecule has 108 valence electrons. The molecule has 3 rings (SSSR count). The van der Waals surface area contributed by atoms with E-state index in [4.69, 9.17) is 0 Å². The van der Waals surface area contributed by atoms with Crippen LogP contribution >= 0.6 is 0 Å². The van der Waals surface area contributed by atoms with Gasteiger partial charge in [-0.1, -0.05) is 18.2 Å². The largest absolute Gasteiger partial charge is 0.416 e. The maximum absolute atomic E-state index is 13.0. The number of pyridine rings is 1. The fourth-order valence-electron chi connectivity index (χ4n) is 2.28. The Morgan fingerprint density at radius 1 is 1.10 bits per heavy atom. The molecule has 6 heteroatoms. The summed E-state index contributed by atoms with van der Waals surface area (Å²) in [6.45, 7) is 1.92. The second-order valence-corrected chi connectivity index (χ2v) is 4.88. The van der Waals surface area contributed by atoms with Crippen LogP contribution in [0.25, 0.3) is 5.65 Å². The van der Waals surface area contributed by atoms with Crippen molar-refractivity contribution in [1.29, 1.82) is 0 Å². The van der Waals surface area contributed by atoms with Crippen molar-refractivity contribution in [3.8, 4) is 0 Å². The molecule has 0 fully saturated rings. The third kappa shape index (κ3) is 2.61. The maximum Gasteiger partial charge on any atom is 0.416 e. The number of nitrogens with zero attached hydrogens (tertiary/aromatic N) is 3. The number of rotatable bonds is 2. The summed E-state index contributed by atoms with van der Waals surface area (Å²) in [6.07, 6.45) is -2.51. The Bertz CT molecular complexity index is 790. The molecule has 0 atom stereocenters. The second-order valence-electron chi connectivity index (χ2n) is 4.88. The number of hydrogen-bond donors (Lipinski definition) is 0. The van der Waals surface area contributed by atoms with Gasteiger partial charge in [-0.25, -0.2) is 0 Å². The molecule has 0 N–H and O–H groups in total. The summed E-state index contributed by atoms with van der Waals surface area (Å²) in [6, 6.07) is 9.25. The smallest absolute Gasteiger partial charge is 0.286 e. The van der Waals surface area contributed by atoms with E-state index in [1.54, 1.807) is 16.7 Å². The molecular formula is C15H12F3N3. The summed E-state index contributed by atoms with van der Waals surface area (Å²) in [7, 11) is 0. The van der Waals surface area contributed by atoms with Gasteiger partial charge in [0.2, 0.25) is 0 Å². The first-order chi connectivity index (χ1) is 9.95. The predicted octanol–water partition coefficient (Wildman–Crippen LogP) is 3.65. The van der Waals surface area contributed by atoms with Gasteiger partial charge >= 0.3 is 6.18 Å². The fraction of sp³-hybridized carbons (Fsp3) is 0.200. The zero-order chi connectivity index (χ0) is 15.0. The quantitative estimate of drug-likeness (QED) is 0.721. The minimum atomic E-state index is -4.37. The number of halogens is 3. The van der Waals surface area contributed by atoms with Crippen LogP contribution in [0.5, 0.6) is 0 Å². The minimum absolute atomic E-state index is 0.0832. The van der Waals surface area contributed by atoms with Gasteiger partial charge in [0, 0.05) is 12.6 Å². The minimum Gasteiger partial charge on any atom is -0.286 e. The SMILES string of the molecule is Cc1ccn2c(Cc3ccccc3C(F)(F)F)nnc2c1. The van der Waals surface area contributed by atoms with Gasteiger partial charge in [-0.2, -0.15) is 13.2 Å². The standard InChI is InChI=1S/C15H12F3N3/c1-10-6-7-21-13(8-10)19-20-14(21)9-11-4-2-3-5-12(11)15(16,17)18/h2-8H,9H2,1H3. The summed E-state index contributed by atoms with van der Waals surface area (Å²) in [5.74, 6) is 0.488. The number of fused-ring (bicyclic) bond motifs is 1. The Morgan fingerprint density at radius 3 is 2.62 bits per heavy atom. The molecule has 3 aromatic rings. The normalized spacial score (nSPS) is 12.0. The van der Waals surface area contributed by atoms with Crippen LogP contribution in [0.1, 0.15) is 22.5 Å². The molecule has 0 saturated heterocycles. The Hall–Kier alpha value is -2.37. The summed E-state index contributed by atoms with van der Waals surface area (Å²) in [5, 5.41) is 8.00. The van der Waals surface area contributed by atoms with Crippen LogP contribution in [0.15, 0.2) is 42.6 Å². The second kappa shape index (κ2) is 4.87. The Kier molecular flexibility index (Phi) is 3.16. The zero-order valence-electron chi connectivity index (χ0n) is 11.2. The van der Waals surface area contributed by atoms with Crippen LogP contribution in [0.3, 0.4) is 0 Å². The van der Waals surface area contributed by atoms with E-state index in [0.717, 1.165) is 11.6 Å². The van der Waals surface area contributed by atoms with Gasteiger partial charge in [-0.3, -0.25) is 4.40 Å². The molecule has 1 aromatic carbocycles. The van der Waals surface area contributed by atoms with Crippen LogP contribution in [-0.2, 0) is 12.6 Å². The molecule has 0 amide bonds. The number of benzene rings is 1. The first-order valence-electron chi connectivity index (χ1n) is 6.40. The van der Waals surface area contributed by atoms with Gasteiger partial charge in [0.25, 0.3) is 0 Å². The molecule has 0 spiro atoms. The molecule has 0 aliphatic carbocycles. The lowest BCUT2D eigenvalue weighted by molar-refractivity contribution is -0.138. The monoisotopic (exact) mass is 291 g/mol. The molecular weight excluding hydrogens is 279 g/mol. The first kappa shape index (κ1) is 13.6. The molecule has 0 aliphatic heterocycles. The maximum atomic E-state index is 13.0. The third-order valence-corrected chi connectivity index (χ3v) is 3.31. The van der Waals surface area contributed by atoms with E-state index in [1.807, 2.05) is 19.1 Å². The highest BCUT2D eigenvalue weighted by Crippen LogP contribution is 2.32. The number of aromatic nitrogens is 3. The molecule has 2 heterocycles. The highest BCUT2D eigenvalue weighted by atomic mass is 19.4. The average molecular weight is 291 g/mol. The van der Waals surface area contributed by atoms with E-state index in [1.165, 1.54) is 12.1 Å². The Morgan fingerprint density at radius 2 is 1.86 bits per heavy atom. The lowest BCUT2D eigenvalue weighted by Gasteiger charge is -2.11. The number of aryl methyl sites for hydroxylation is 1. The van der Waals surface area contributed by atoms with Gasteiger partial charge in [-0.15, -0.1) is 10.2 Å². The van der Waals surface area contributed by atoms with Crippen molar-refractivity contribution in [3.05, 3.63) is 65.1 Å². The highest BCUT2D eigenvalue weighted by Gasteiger charge is 2.33. The van der Waals surface area contributed by atoms with E-state index in [-0.39, 0.29) is 12.0 Å². The van der Waals surface area contributed by atoms with Crippen LogP contribution in [0, 0.1) is 6.92 Å². The van der Waals surface area contributed by atoms with Crippen LogP contribution in [0.4, 0.5) is 13.2 Å². The molecule has 0 saturated carbocycles. The van der Waals surface area contributed by atoms with E-state index >= 15 is 0 Å². The molecule has 0 radical (unpaired) electrons. The molecule has 0 aliphatic rings. The van der Waals surface area contributed by atoms with E-state index < -0.39 is 11.7 Å². The van der Waals surface area contributed by atoms with Crippen molar-refractivity contribution in [1.82, 2.24) is 14.6 Å². The van der Waals surface area contributed by atoms with Gasteiger partial charge in [0.05, 0.1) is 5.56 Å². The van der Waals surface area contributed by atoms with Crippen molar-refractivity contribution < 1.29 is 13.2 Å². The zero-order valence-corrected chi connectivity index (χ0v) is 11.2. The highest BCUT2D eigenvalue weighted by molar-refractivity contribution is 5.42. The number of alkyl halides is 3. The Balaban J connectivity index is 2.04. The third-order valence-electron chi connectivity index (χ3n) is 3.31. The topological polar surface area (TPSA) is 30.2 Å². The van der Waals surface area contributed by atoms with Crippen LogP contribution < -0.4 is 0 Å². The van der Waals surface area contributed by atoms with Crippen molar-refractivity contribution in [2.24, 2.45) is 0 Å². The molecule has 0 unspecified atom stereocenters. The summed E-state index contributed by atoms with van der Waals surface area (Å²) in [4.78, 5) is 0. The number of hydrogen-bond acceptors (Lipinski definition) is 2. The van der Waals surface area contributed by atoms with Gasteiger partial charge in [0.15, 0.2) is 5.65 Å². The van der Waals surface area contributed by atoms with Gasteiger partial charge in [0.1, 0.15) is 5.82 Å². The van der Waals surface area contributed by atoms with Crippen molar-refractivity contribution in [2.45, 2.75) is 19.5 Å². The predicted molar refractivity (Wildman–Crippen MR) is 72.0 cm³/mol. The average Bonchev–Trinajstić information content (AvgIpc) is 2.80. The molecule has 21 heavy (non-hydrogen) atoms. The summed E-state index contributed by atoms with van der Waals surface area (Å²) >= 11 is 0. The molecule has 3 nitrogen and oxygen atoms in total. The first-order valence-corrected chi connectivity index (χ1v) is 6.40. The van der Waals surface area contributed by atoms with Gasteiger partial charge < -0.3 is 0 Å². The Labute approximate surface area is 119 Å². The summed E-state index contributed by atoms with van der Waals surface area (Å²) < 4.78 is 40.7. The molecule has 2 aromatic heterocycles. The lowest BCUT2D eigenvalue weighted by Crippen LogP contribution is -2.10. The van der Waals surface area contributed by atoms with Crippen molar-refractivity contribution in [2.75, 3.05) is 0 Å². The van der Waals surface area contributed by atoms with E-state index in [9.17, 15) is 13.2 Å².